The Balaban J connectivity index is 1.59. The van der Waals surface area contributed by atoms with Crippen molar-refractivity contribution in [2.24, 2.45) is 5.41 Å². The number of halogens is 1. The first-order valence-electron chi connectivity index (χ1n) is 9.36. The third-order valence-electron chi connectivity index (χ3n) is 4.65. The van der Waals surface area contributed by atoms with Crippen LogP contribution in [-0.2, 0) is 11.2 Å². The summed E-state index contributed by atoms with van der Waals surface area (Å²) in [6.07, 6.45) is 2.96. The van der Waals surface area contributed by atoms with Crippen LogP contribution < -0.4 is 10.6 Å². The largest absolute Gasteiger partial charge is 0.481 e. The van der Waals surface area contributed by atoms with E-state index in [1.165, 1.54) is 6.07 Å². The summed E-state index contributed by atoms with van der Waals surface area (Å²) in [4.78, 5) is 16.7. The van der Waals surface area contributed by atoms with E-state index in [0.717, 1.165) is 21.1 Å². The van der Waals surface area contributed by atoms with E-state index in [4.69, 9.17) is 12.2 Å². The Hall–Kier alpha value is -2.84. The number of aryl methyl sites for hydroxylation is 1. The maximum Gasteiger partial charge on any atom is 0.309 e. The first-order valence-corrected chi connectivity index (χ1v) is 10.6. The van der Waals surface area contributed by atoms with Crippen molar-refractivity contribution in [1.29, 1.82) is 0 Å². The number of nitrogens with one attached hydrogen (secondary N) is 2. The normalized spacial score (nSPS) is 11.2. The number of aromatic nitrogens is 1. The molecule has 156 valence electrons. The SMILES string of the molecule is CC(C)(CCc1ncc(-c2ccc(NC(=S)Nc3ccccc3F)cc2)s1)C(=O)O. The maximum absolute atomic E-state index is 13.7. The number of nitrogens with zero attached hydrogens (tertiary/aromatic N) is 1. The van der Waals surface area contributed by atoms with Crippen LogP contribution in [0.3, 0.4) is 0 Å². The summed E-state index contributed by atoms with van der Waals surface area (Å²) in [5.41, 5.74) is 1.33. The molecule has 0 bridgehead atoms. The number of thiocarbonyl (C=S) groups is 1. The number of carboxylic acid groups (broad SMARTS) is 1. The van der Waals surface area contributed by atoms with Gasteiger partial charge in [-0.05, 0) is 62.3 Å². The molecule has 0 aliphatic carbocycles. The van der Waals surface area contributed by atoms with Gasteiger partial charge in [0.1, 0.15) is 5.82 Å². The van der Waals surface area contributed by atoms with Crippen molar-refractivity contribution >= 4 is 46.0 Å². The van der Waals surface area contributed by atoms with Crippen molar-refractivity contribution in [2.45, 2.75) is 26.7 Å². The smallest absolute Gasteiger partial charge is 0.309 e. The average molecular weight is 444 g/mol. The van der Waals surface area contributed by atoms with Crippen LogP contribution in [0.1, 0.15) is 25.3 Å². The summed E-state index contributed by atoms with van der Waals surface area (Å²) in [7, 11) is 0. The molecule has 0 amide bonds. The van der Waals surface area contributed by atoms with Crippen LogP contribution >= 0.6 is 23.6 Å². The molecule has 0 aliphatic heterocycles. The Morgan fingerprint density at radius 2 is 1.87 bits per heavy atom. The second-order valence-corrected chi connectivity index (χ2v) is 8.97. The van der Waals surface area contributed by atoms with Crippen molar-refractivity contribution in [3.8, 4) is 10.4 Å². The van der Waals surface area contributed by atoms with Gasteiger partial charge < -0.3 is 15.7 Å². The topological polar surface area (TPSA) is 74.2 Å². The number of carboxylic acids is 1. The molecule has 3 aromatic rings. The van der Waals surface area contributed by atoms with E-state index in [0.29, 0.717) is 23.6 Å². The summed E-state index contributed by atoms with van der Waals surface area (Å²) in [5, 5.41) is 16.3. The quantitative estimate of drug-likeness (QED) is 0.401. The molecule has 8 heteroatoms. The zero-order chi connectivity index (χ0) is 21.7. The standard InChI is InChI=1S/C22H22FN3O2S2/c1-22(2,20(27)28)12-11-19-24-13-18(30-19)14-7-9-15(10-8-14)25-21(29)26-17-6-4-3-5-16(17)23/h3-10,13H,11-12H2,1-2H3,(H,27,28)(H2,25,26,29). The van der Waals surface area contributed by atoms with E-state index in [-0.39, 0.29) is 5.82 Å². The molecule has 2 aromatic carbocycles. The number of rotatable bonds is 7. The summed E-state index contributed by atoms with van der Waals surface area (Å²) < 4.78 is 13.7. The van der Waals surface area contributed by atoms with Crippen molar-refractivity contribution in [3.05, 3.63) is 65.6 Å². The van der Waals surface area contributed by atoms with Crippen molar-refractivity contribution in [2.75, 3.05) is 10.6 Å². The molecule has 5 nitrogen and oxygen atoms in total. The van der Waals surface area contributed by atoms with E-state index < -0.39 is 11.4 Å². The van der Waals surface area contributed by atoms with Crippen LogP contribution in [-0.4, -0.2) is 21.2 Å². The van der Waals surface area contributed by atoms with E-state index in [1.807, 2.05) is 24.3 Å². The molecular formula is C22H22FN3O2S2. The number of anilines is 2. The summed E-state index contributed by atoms with van der Waals surface area (Å²) in [6, 6.07) is 14.0. The monoisotopic (exact) mass is 443 g/mol. The second-order valence-electron chi connectivity index (χ2n) is 7.44. The first-order chi connectivity index (χ1) is 14.2. The highest BCUT2D eigenvalue weighted by Crippen LogP contribution is 2.30. The number of hydrogen-bond acceptors (Lipinski definition) is 4. The van der Waals surface area contributed by atoms with Crippen molar-refractivity contribution in [3.63, 3.8) is 0 Å². The maximum atomic E-state index is 13.7. The van der Waals surface area contributed by atoms with Crippen molar-refractivity contribution < 1.29 is 14.3 Å². The van der Waals surface area contributed by atoms with E-state index in [1.54, 1.807) is 49.6 Å². The minimum absolute atomic E-state index is 0.300. The molecule has 1 heterocycles. The number of hydrogen-bond donors (Lipinski definition) is 3. The lowest BCUT2D eigenvalue weighted by molar-refractivity contribution is -0.147. The molecule has 30 heavy (non-hydrogen) atoms. The molecule has 3 rings (SSSR count). The Morgan fingerprint density at radius 3 is 2.53 bits per heavy atom. The first kappa shape index (κ1) is 21.9. The van der Waals surface area contributed by atoms with Gasteiger partial charge in [-0.2, -0.15) is 0 Å². The highest BCUT2D eigenvalue weighted by molar-refractivity contribution is 7.80. The fourth-order valence-corrected chi connectivity index (χ4v) is 3.80. The lowest BCUT2D eigenvalue weighted by Gasteiger charge is -2.17. The van der Waals surface area contributed by atoms with Gasteiger partial charge in [0, 0.05) is 18.3 Å². The fraction of sp³-hybridized carbons (Fsp3) is 0.227. The Labute approximate surface area is 184 Å². The predicted octanol–water partition coefficient (Wildman–Crippen LogP) is 5.80. The van der Waals surface area contributed by atoms with Crippen LogP contribution in [0.2, 0.25) is 0 Å². The molecule has 0 aliphatic rings. The van der Waals surface area contributed by atoms with Crippen LogP contribution in [0, 0.1) is 11.2 Å². The van der Waals surface area contributed by atoms with Gasteiger partial charge in [0.25, 0.3) is 0 Å². The third-order valence-corrected chi connectivity index (χ3v) is 5.96. The van der Waals surface area contributed by atoms with Crippen molar-refractivity contribution in [1.82, 2.24) is 4.98 Å². The minimum atomic E-state index is -0.801. The van der Waals surface area contributed by atoms with E-state index >= 15 is 0 Å². The second kappa shape index (κ2) is 9.32. The molecule has 0 saturated heterocycles. The molecule has 0 saturated carbocycles. The Kier molecular flexibility index (Phi) is 6.79. The Morgan fingerprint density at radius 1 is 1.17 bits per heavy atom. The van der Waals surface area contributed by atoms with Crippen LogP contribution in [0.15, 0.2) is 54.7 Å². The molecule has 0 unspecified atom stereocenters. The van der Waals surface area contributed by atoms with E-state index in [2.05, 4.69) is 15.6 Å². The molecule has 0 radical (unpaired) electrons. The van der Waals surface area contributed by atoms with Gasteiger partial charge in [-0.3, -0.25) is 4.79 Å². The van der Waals surface area contributed by atoms with Gasteiger partial charge in [-0.1, -0.05) is 24.3 Å². The van der Waals surface area contributed by atoms with Gasteiger partial charge in [0.05, 0.1) is 21.0 Å². The number of para-hydroxylation sites is 1. The summed E-state index contributed by atoms with van der Waals surface area (Å²) in [5.74, 6) is -1.17. The number of aliphatic carboxylic acids is 1. The number of benzene rings is 2. The molecule has 1 aromatic heterocycles. The van der Waals surface area contributed by atoms with Gasteiger partial charge in [0.2, 0.25) is 0 Å². The molecule has 0 fully saturated rings. The average Bonchev–Trinajstić information content (AvgIpc) is 3.18. The molecular weight excluding hydrogens is 421 g/mol. The van der Waals surface area contributed by atoms with Gasteiger partial charge in [0.15, 0.2) is 5.11 Å². The molecule has 0 atom stereocenters. The van der Waals surface area contributed by atoms with Crippen LogP contribution in [0.5, 0.6) is 0 Å². The molecule has 0 spiro atoms. The zero-order valence-electron chi connectivity index (χ0n) is 16.6. The van der Waals surface area contributed by atoms with E-state index in [9.17, 15) is 14.3 Å². The zero-order valence-corrected chi connectivity index (χ0v) is 18.2. The third kappa shape index (κ3) is 5.61. The predicted molar refractivity (Wildman–Crippen MR) is 124 cm³/mol. The van der Waals surface area contributed by atoms with Gasteiger partial charge in [-0.25, -0.2) is 9.37 Å². The lowest BCUT2D eigenvalue weighted by Crippen LogP contribution is -2.24. The lowest BCUT2D eigenvalue weighted by atomic mass is 9.88. The van der Waals surface area contributed by atoms with Gasteiger partial charge in [-0.15, -0.1) is 11.3 Å². The Bertz CT molecular complexity index is 1050. The highest BCUT2D eigenvalue weighted by Gasteiger charge is 2.27. The molecule has 3 N–H and O–H groups in total. The highest BCUT2D eigenvalue weighted by atomic mass is 32.1. The number of thiazole rings is 1. The van der Waals surface area contributed by atoms with Gasteiger partial charge >= 0.3 is 5.97 Å². The summed E-state index contributed by atoms with van der Waals surface area (Å²) >= 11 is 6.80. The van der Waals surface area contributed by atoms with Crippen LogP contribution in [0.25, 0.3) is 10.4 Å². The fourth-order valence-electron chi connectivity index (χ4n) is 2.65. The minimum Gasteiger partial charge on any atom is -0.481 e. The number of carbonyl (C=O) groups is 1. The van der Waals surface area contributed by atoms with Crippen LogP contribution in [0.4, 0.5) is 15.8 Å². The summed E-state index contributed by atoms with van der Waals surface area (Å²) in [6.45, 7) is 3.45.